The molecular formula is C64H43NO. The highest BCUT2D eigenvalue weighted by Gasteiger charge is 2.20. The Morgan fingerprint density at radius 2 is 0.758 bits per heavy atom. The molecule has 0 fully saturated rings. The van der Waals surface area contributed by atoms with Gasteiger partial charge in [-0.05, 0) is 115 Å². The van der Waals surface area contributed by atoms with Crippen molar-refractivity contribution in [3.8, 4) is 67.0 Å². The van der Waals surface area contributed by atoms with E-state index in [4.69, 9.17) is 4.42 Å². The van der Waals surface area contributed by atoms with Gasteiger partial charge in [0.25, 0.3) is 0 Å². The van der Waals surface area contributed by atoms with E-state index < -0.39 is 0 Å². The molecule has 0 unspecified atom stereocenters. The van der Waals surface area contributed by atoms with Gasteiger partial charge in [-0.3, -0.25) is 0 Å². The first-order chi connectivity index (χ1) is 32.7. The first-order valence-corrected chi connectivity index (χ1v) is 22.6. The highest BCUT2D eigenvalue weighted by atomic mass is 16.3. The van der Waals surface area contributed by atoms with E-state index in [0.29, 0.717) is 0 Å². The van der Waals surface area contributed by atoms with E-state index in [1.807, 2.05) is 6.07 Å². The fourth-order valence-corrected chi connectivity index (χ4v) is 9.68. The average molecular weight is 842 g/mol. The summed E-state index contributed by atoms with van der Waals surface area (Å²) in [6.45, 7) is 0. The predicted octanol–water partition coefficient (Wildman–Crippen LogP) is 18.2. The van der Waals surface area contributed by atoms with Crippen molar-refractivity contribution in [1.82, 2.24) is 0 Å². The van der Waals surface area contributed by atoms with Gasteiger partial charge < -0.3 is 9.32 Å². The maximum atomic E-state index is 6.63. The normalized spacial score (nSPS) is 11.3. The molecule has 0 spiro atoms. The fraction of sp³-hybridized carbons (Fsp3) is 0. The van der Waals surface area contributed by atoms with Crippen LogP contribution in [0.1, 0.15) is 0 Å². The van der Waals surface area contributed by atoms with Crippen LogP contribution in [-0.2, 0) is 0 Å². The number of hydrogen-bond donors (Lipinski definition) is 0. The van der Waals surface area contributed by atoms with Crippen molar-refractivity contribution in [3.63, 3.8) is 0 Å². The van der Waals surface area contributed by atoms with Crippen molar-refractivity contribution in [2.24, 2.45) is 0 Å². The summed E-state index contributed by atoms with van der Waals surface area (Å²) in [4.78, 5) is 2.39. The summed E-state index contributed by atoms with van der Waals surface area (Å²) >= 11 is 0. The van der Waals surface area contributed by atoms with Crippen LogP contribution in [-0.4, -0.2) is 0 Å². The molecule has 0 aliphatic carbocycles. The largest absolute Gasteiger partial charge is 0.455 e. The van der Waals surface area contributed by atoms with Gasteiger partial charge in [0.05, 0.1) is 5.69 Å². The van der Waals surface area contributed by atoms with Crippen molar-refractivity contribution in [1.29, 1.82) is 0 Å². The zero-order valence-corrected chi connectivity index (χ0v) is 36.2. The summed E-state index contributed by atoms with van der Waals surface area (Å²) in [5.74, 6) is 0.876. The summed E-state index contributed by atoms with van der Waals surface area (Å²) < 4.78 is 6.63. The molecule has 0 radical (unpaired) electrons. The molecule has 12 rings (SSSR count). The van der Waals surface area contributed by atoms with Crippen LogP contribution in [0.5, 0.6) is 0 Å². The summed E-state index contributed by atoms with van der Waals surface area (Å²) in [5, 5.41) is 6.14. The number of para-hydroxylation sites is 2. The third-order valence-electron chi connectivity index (χ3n) is 12.9. The minimum Gasteiger partial charge on any atom is -0.455 e. The molecule has 66 heavy (non-hydrogen) atoms. The molecule has 0 amide bonds. The van der Waals surface area contributed by atoms with Gasteiger partial charge in [0.1, 0.15) is 11.3 Å². The third kappa shape index (κ3) is 7.12. The molecule has 0 N–H and O–H groups in total. The van der Waals surface area contributed by atoms with Crippen molar-refractivity contribution < 1.29 is 4.42 Å². The van der Waals surface area contributed by atoms with Crippen LogP contribution in [0.4, 0.5) is 17.1 Å². The minimum absolute atomic E-state index is 0.876. The van der Waals surface area contributed by atoms with Crippen LogP contribution < -0.4 is 4.90 Å². The third-order valence-corrected chi connectivity index (χ3v) is 12.9. The smallest absolute Gasteiger partial charge is 0.143 e. The lowest BCUT2D eigenvalue weighted by molar-refractivity contribution is 0.632. The van der Waals surface area contributed by atoms with Crippen LogP contribution >= 0.6 is 0 Å². The number of rotatable bonds is 9. The van der Waals surface area contributed by atoms with Crippen molar-refractivity contribution in [2.75, 3.05) is 4.90 Å². The Hall–Kier alpha value is -8.72. The van der Waals surface area contributed by atoms with Crippen LogP contribution in [0.15, 0.2) is 265 Å². The highest BCUT2D eigenvalue weighted by Crippen LogP contribution is 2.45. The molecule has 1 heterocycles. The first-order valence-electron chi connectivity index (χ1n) is 22.6. The molecule has 2 heteroatoms. The lowest BCUT2D eigenvalue weighted by Crippen LogP contribution is -2.11. The lowest BCUT2D eigenvalue weighted by atomic mass is 9.93. The Kier molecular flexibility index (Phi) is 9.89. The summed E-state index contributed by atoms with van der Waals surface area (Å²) in [6.07, 6.45) is 0. The number of benzene rings is 11. The molecular weight excluding hydrogens is 799 g/mol. The Balaban J connectivity index is 0.953. The Morgan fingerprint density at radius 1 is 0.273 bits per heavy atom. The van der Waals surface area contributed by atoms with Crippen LogP contribution in [0.3, 0.4) is 0 Å². The number of furan rings is 1. The molecule has 310 valence electrons. The minimum atomic E-state index is 0.876. The van der Waals surface area contributed by atoms with Crippen molar-refractivity contribution in [3.05, 3.63) is 261 Å². The number of nitrogens with zero attached hydrogens (tertiary/aromatic N) is 1. The van der Waals surface area contributed by atoms with E-state index in [0.717, 1.165) is 72.7 Å². The number of hydrogen-bond acceptors (Lipinski definition) is 2. The Bertz CT molecular complexity index is 3660. The van der Waals surface area contributed by atoms with Crippen molar-refractivity contribution >= 4 is 49.6 Å². The van der Waals surface area contributed by atoms with Crippen LogP contribution in [0.25, 0.3) is 99.5 Å². The first kappa shape index (κ1) is 38.9. The zero-order valence-electron chi connectivity index (χ0n) is 36.2. The average Bonchev–Trinajstić information content (AvgIpc) is 3.80. The molecule has 11 aromatic carbocycles. The van der Waals surface area contributed by atoms with Crippen molar-refractivity contribution in [2.45, 2.75) is 0 Å². The van der Waals surface area contributed by atoms with E-state index in [-0.39, 0.29) is 0 Å². The quantitative estimate of drug-likeness (QED) is 0.135. The molecule has 1 aromatic heterocycles. The molecule has 2 nitrogen and oxygen atoms in total. The topological polar surface area (TPSA) is 16.4 Å². The second-order valence-electron chi connectivity index (χ2n) is 16.8. The SMILES string of the molecule is c1ccc(-c2ccc(-c3ccccc3N(c3ccc(-c4cccc(-c5oc6ccccc6c5-c5ccccc5)c4)cc3)c3ccc(-c4cc5ccccc5c5ccccc45)cc3)cc2)cc1. The highest BCUT2D eigenvalue weighted by molar-refractivity contribution is 6.14. The van der Waals surface area contributed by atoms with E-state index >= 15 is 0 Å². The second kappa shape index (κ2) is 16.8. The van der Waals surface area contributed by atoms with Gasteiger partial charge >= 0.3 is 0 Å². The molecule has 12 aromatic rings. The summed E-state index contributed by atoms with van der Waals surface area (Å²) in [7, 11) is 0. The van der Waals surface area contributed by atoms with Gasteiger partial charge in [0.15, 0.2) is 0 Å². The number of fused-ring (bicyclic) bond motifs is 4. The van der Waals surface area contributed by atoms with Gasteiger partial charge in [0, 0.05) is 33.5 Å². The monoisotopic (exact) mass is 841 g/mol. The maximum Gasteiger partial charge on any atom is 0.143 e. The predicted molar refractivity (Wildman–Crippen MR) is 279 cm³/mol. The lowest BCUT2D eigenvalue weighted by Gasteiger charge is -2.28. The Labute approximate surface area is 384 Å². The summed E-state index contributed by atoms with van der Waals surface area (Å²) in [6, 6.07) is 93.7. The van der Waals surface area contributed by atoms with Gasteiger partial charge in [-0.15, -0.1) is 0 Å². The second-order valence-corrected chi connectivity index (χ2v) is 16.8. The molecule has 0 saturated carbocycles. The molecule has 0 atom stereocenters. The van der Waals surface area contributed by atoms with Gasteiger partial charge in [-0.2, -0.15) is 0 Å². The fourth-order valence-electron chi connectivity index (χ4n) is 9.68. The number of anilines is 3. The Morgan fingerprint density at radius 3 is 1.50 bits per heavy atom. The molecule has 0 bridgehead atoms. The van der Waals surface area contributed by atoms with Crippen LogP contribution in [0, 0.1) is 0 Å². The zero-order chi connectivity index (χ0) is 43.8. The van der Waals surface area contributed by atoms with E-state index in [9.17, 15) is 0 Å². The van der Waals surface area contributed by atoms with Gasteiger partial charge in [0.2, 0.25) is 0 Å². The van der Waals surface area contributed by atoms with Gasteiger partial charge in [-0.25, -0.2) is 0 Å². The maximum absolute atomic E-state index is 6.63. The summed E-state index contributed by atoms with van der Waals surface area (Å²) in [5.41, 5.74) is 16.8. The standard InChI is InChI=1S/C64H43NO/c1-3-16-44(17-4-1)45-30-32-47(33-31-45)56-24-11-13-28-61(56)65(54-40-36-48(37-41-54)60-43-51-20-7-8-23-55(51)57-25-9-10-26-58(57)60)53-38-34-46(35-39-53)50-21-15-22-52(42-50)64-63(49-18-5-2-6-19-49)59-27-12-14-29-62(59)66-64/h1-43H. The molecule has 0 aliphatic heterocycles. The molecule has 0 saturated heterocycles. The van der Waals surface area contributed by atoms with Gasteiger partial charge in [-0.1, -0.05) is 212 Å². The van der Waals surface area contributed by atoms with Crippen LogP contribution in [0.2, 0.25) is 0 Å². The van der Waals surface area contributed by atoms with E-state index in [1.54, 1.807) is 0 Å². The van der Waals surface area contributed by atoms with E-state index in [1.165, 1.54) is 43.8 Å². The molecule has 0 aliphatic rings. The van der Waals surface area contributed by atoms with E-state index in [2.05, 4.69) is 260 Å².